The van der Waals surface area contributed by atoms with Gasteiger partial charge in [-0.2, -0.15) is 0 Å². The predicted octanol–water partition coefficient (Wildman–Crippen LogP) is 3.78. The van der Waals surface area contributed by atoms with Gasteiger partial charge in [0.25, 0.3) is 5.91 Å². The first-order chi connectivity index (χ1) is 8.59. The fourth-order valence-electron chi connectivity index (χ4n) is 1.33. The Bertz CT molecular complexity index is 604. The van der Waals surface area contributed by atoms with Crippen LogP contribution in [0.3, 0.4) is 0 Å². The molecule has 0 saturated heterocycles. The van der Waals surface area contributed by atoms with Crippen LogP contribution in [0.1, 0.15) is 10.4 Å². The minimum atomic E-state index is -0.774. The molecule has 6 heteroatoms. The molecule has 0 bridgehead atoms. The zero-order valence-corrected chi connectivity index (χ0v) is 10.5. The van der Waals surface area contributed by atoms with Crippen molar-refractivity contribution in [1.29, 1.82) is 0 Å². The van der Waals surface area contributed by atoms with Gasteiger partial charge in [0.2, 0.25) is 0 Å². The molecule has 1 N–H and O–H groups in total. The molecule has 1 aromatic carbocycles. The van der Waals surface area contributed by atoms with Crippen molar-refractivity contribution < 1.29 is 9.18 Å². The van der Waals surface area contributed by atoms with E-state index in [1.807, 2.05) is 0 Å². The van der Waals surface area contributed by atoms with Gasteiger partial charge in [0.1, 0.15) is 0 Å². The van der Waals surface area contributed by atoms with Crippen LogP contribution in [0.15, 0.2) is 36.5 Å². The molecule has 0 aliphatic rings. The van der Waals surface area contributed by atoms with E-state index in [1.165, 1.54) is 24.4 Å². The van der Waals surface area contributed by atoms with Gasteiger partial charge in [-0.05, 0) is 24.3 Å². The molecule has 0 unspecified atom stereocenters. The first kappa shape index (κ1) is 12.8. The maximum Gasteiger partial charge on any atom is 0.259 e. The molecule has 0 aliphatic carbocycles. The van der Waals surface area contributed by atoms with E-state index in [2.05, 4.69) is 10.3 Å². The second kappa shape index (κ2) is 5.33. The molecule has 1 amide bonds. The first-order valence-electron chi connectivity index (χ1n) is 4.95. The van der Waals surface area contributed by atoms with Crippen molar-refractivity contribution in [1.82, 2.24) is 4.98 Å². The lowest BCUT2D eigenvalue weighted by Gasteiger charge is -2.07. The van der Waals surface area contributed by atoms with Gasteiger partial charge in [-0.25, -0.2) is 9.37 Å². The molecule has 1 heterocycles. The molecular weight excluding hydrogens is 278 g/mol. The van der Waals surface area contributed by atoms with Crippen molar-refractivity contribution in [3.05, 3.63) is 58.0 Å². The number of anilines is 1. The number of halogens is 3. The third-order valence-electron chi connectivity index (χ3n) is 2.19. The van der Waals surface area contributed by atoms with E-state index >= 15 is 0 Å². The van der Waals surface area contributed by atoms with Crippen molar-refractivity contribution in [2.75, 3.05) is 5.32 Å². The SMILES string of the molecule is O=C(Nc1ncccc1Cl)c1cccc(Cl)c1F. The quantitative estimate of drug-likeness (QED) is 0.912. The Kier molecular flexibility index (Phi) is 3.79. The van der Waals surface area contributed by atoms with Crippen LogP contribution in [0.5, 0.6) is 0 Å². The second-order valence-electron chi connectivity index (χ2n) is 3.39. The summed E-state index contributed by atoms with van der Waals surface area (Å²) in [7, 11) is 0. The second-order valence-corrected chi connectivity index (χ2v) is 4.20. The van der Waals surface area contributed by atoms with Crippen LogP contribution in [0, 0.1) is 5.82 Å². The van der Waals surface area contributed by atoms with Crippen molar-refractivity contribution >= 4 is 34.9 Å². The zero-order chi connectivity index (χ0) is 13.1. The summed E-state index contributed by atoms with van der Waals surface area (Å²) in [5, 5.41) is 2.57. The number of nitrogens with one attached hydrogen (secondary N) is 1. The zero-order valence-electron chi connectivity index (χ0n) is 8.95. The Hall–Kier alpha value is -1.65. The van der Waals surface area contributed by atoms with Gasteiger partial charge in [0.15, 0.2) is 11.6 Å². The summed E-state index contributed by atoms with van der Waals surface area (Å²) in [6.45, 7) is 0. The lowest BCUT2D eigenvalue weighted by molar-refractivity contribution is 0.102. The third-order valence-corrected chi connectivity index (χ3v) is 2.78. The molecule has 0 atom stereocenters. The van der Waals surface area contributed by atoms with Crippen LogP contribution in [-0.4, -0.2) is 10.9 Å². The normalized spacial score (nSPS) is 10.2. The van der Waals surface area contributed by atoms with Crippen molar-refractivity contribution in [2.45, 2.75) is 0 Å². The number of carbonyl (C=O) groups is 1. The van der Waals surface area contributed by atoms with Gasteiger partial charge in [0, 0.05) is 6.20 Å². The molecule has 92 valence electrons. The first-order valence-corrected chi connectivity index (χ1v) is 5.71. The predicted molar refractivity (Wildman–Crippen MR) is 68.6 cm³/mol. The Balaban J connectivity index is 2.28. The Morgan fingerprint density at radius 3 is 2.61 bits per heavy atom. The minimum Gasteiger partial charge on any atom is -0.305 e. The van der Waals surface area contributed by atoms with Gasteiger partial charge in [-0.3, -0.25) is 4.79 Å². The van der Waals surface area contributed by atoms with Gasteiger partial charge in [-0.15, -0.1) is 0 Å². The smallest absolute Gasteiger partial charge is 0.259 e. The maximum atomic E-state index is 13.6. The van der Waals surface area contributed by atoms with E-state index in [0.717, 1.165) is 0 Å². The van der Waals surface area contributed by atoms with E-state index in [-0.39, 0.29) is 21.4 Å². The molecule has 0 aliphatic heterocycles. The van der Waals surface area contributed by atoms with Crippen LogP contribution in [0.25, 0.3) is 0 Å². The van der Waals surface area contributed by atoms with Crippen molar-refractivity contribution in [3.8, 4) is 0 Å². The summed E-state index contributed by atoms with van der Waals surface area (Å²) in [6, 6.07) is 7.37. The van der Waals surface area contributed by atoms with Crippen LogP contribution in [0.2, 0.25) is 10.0 Å². The van der Waals surface area contributed by atoms with E-state index in [0.29, 0.717) is 0 Å². The number of pyridine rings is 1. The Labute approximate surface area is 113 Å². The highest BCUT2D eigenvalue weighted by Gasteiger charge is 2.15. The highest BCUT2D eigenvalue weighted by molar-refractivity contribution is 6.33. The molecule has 0 spiro atoms. The van der Waals surface area contributed by atoms with E-state index in [1.54, 1.807) is 12.1 Å². The number of rotatable bonds is 2. The van der Waals surface area contributed by atoms with Gasteiger partial charge < -0.3 is 5.32 Å². The molecule has 18 heavy (non-hydrogen) atoms. The molecule has 0 radical (unpaired) electrons. The molecule has 2 rings (SSSR count). The maximum absolute atomic E-state index is 13.6. The van der Waals surface area contributed by atoms with E-state index in [9.17, 15) is 9.18 Å². The summed E-state index contributed by atoms with van der Waals surface area (Å²) in [6.07, 6.45) is 1.47. The van der Waals surface area contributed by atoms with Crippen LogP contribution >= 0.6 is 23.2 Å². The Morgan fingerprint density at radius 2 is 1.89 bits per heavy atom. The summed E-state index contributed by atoms with van der Waals surface area (Å²) in [5.74, 6) is -1.26. The number of hydrogen-bond acceptors (Lipinski definition) is 2. The molecular formula is C12H7Cl2FN2O. The van der Waals surface area contributed by atoms with Gasteiger partial charge in [-0.1, -0.05) is 29.3 Å². The van der Waals surface area contributed by atoms with Crippen molar-refractivity contribution in [3.63, 3.8) is 0 Å². The van der Waals surface area contributed by atoms with Crippen LogP contribution in [-0.2, 0) is 0 Å². The lowest BCUT2D eigenvalue weighted by atomic mass is 10.2. The minimum absolute atomic E-state index is 0.116. The van der Waals surface area contributed by atoms with Crippen LogP contribution in [0.4, 0.5) is 10.2 Å². The molecule has 3 nitrogen and oxygen atoms in total. The summed E-state index contributed by atoms with van der Waals surface area (Å²) < 4.78 is 13.6. The van der Waals surface area contributed by atoms with Crippen LogP contribution < -0.4 is 5.32 Å². The standard InChI is InChI=1S/C12H7Cl2FN2O/c13-8-4-1-3-7(10(8)15)12(18)17-11-9(14)5-2-6-16-11/h1-6H,(H,16,17,18). The van der Waals surface area contributed by atoms with Gasteiger partial charge in [0.05, 0.1) is 15.6 Å². The topological polar surface area (TPSA) is 42.0 Å². The number of benzene rings is 1. The van der Waals surface area contributed by atoms with E-state index in [4.69, 9.17) is 23.2 Å². The monoisotopic (exact) mass is 284 g/mol. The number of hydrogen-bond donors (Lipinski definition) is 1. The number of carbonyl (C=O) groups excluding carboxylic acids is 1. The average Bonchev–Trinajstić information content (AvgIpc) is 2.35. The summed E-state index contributed by atoms with van der Waals surface area (Å²) in [4.78, 5) is 15.7. The average molecular weight is 285 g/mol. The largest absolute Gasteiger partial charge is 0.305 e. The molecule has 1 aromatic heterocycles. The number of amides is 1. The molecule has 0 fully saturated rings. The summed E-state index contributed by atoms with van der Waals surface area (Å²) in [5.41, 5.74) is -0.163. The third kappa shape index (κ3) is 2.60. The highest BCUT2D eigenvalue weighted by atomic mass is 35.5. The highest BCUT2D eigenvalue weighted by Crippen LogP contribution is 2.21. The van der Waals surface area contributed by atoms with Gasteiger partial charge >= 0.3 is 0 Å². The van der Waals surface area contributed by atoms with E-state index < -0.39 is 11.7 Å². The molecule has 0 saturated carbocycles. The number of aromatic nitrogens is 1. The fraction of sp³-hybridized carbons (Fsp3) is 0. The summed E-state index contributed by atoms with van der Waals surface area (Å²) >= 11 is 11.4. The van der Waals surface area contributed by atoms with Crippen molar-refractivity contribution in [2.24, 2.45) is 0 Å². The lowest BCUT2D eigenvalue weighted by Crippen LogP contribution is -2.15. The Morgan fingerprint density at radius 1 is 1.17 bits per heavy atom. The number of nitrogens with zero attached hydrogens (tertiary/aromatic N) is 1. The fourth-order valence-corrected chi connectivity index (χ4v) is 1.68. The molecule has 2 aromatic rings.